The number of nitrogens with one attached hydrogen (secondary N) is 1. The molecule has 12 nitrogen and oxygen atoms in total. The maximum atomic E-state index is 11.3. The van der Waals surface area contributed by atoms with Gasteiger partial charge in [0.25, 0.3) is 0 Å². The summed E-state index contributed by atoms with van der Waals surface area (Å²) in [5.41, 5.74) is 8.41. The fourth-order valence-electron chi connectivity index (χ4n) is 4.19. The van der Waals surface area contributed by atoms with Crippen molar-refractivity contribution in [3.05, 3.63) is 41.6 Å². The van der Waals surface area contributed by atoms with Gasteiger partial charge >= 0.3 is 6.09 Å². The third-order valence-corrected chi connectivity index (χ3v) is 6.03. The number of aromatic nitrogens is 5. The standard InChI is InChI=1S/C22H27N9O3/c23-20-25-21(24-16-3-5-17(6-4-16)34-12-11-29-8-1-2-9-29)28-31(20)19-13-15-14-30(22(32)33)10-7-18(15)26-27-19/h3-6,13H,1-2,7-12,14H2,(H,32,33)(H3,23,24,25,28). The zero-order valence-corrected chi connectivity index (χ0v) is 18.7. The van der Waals surface area contributed by atoms with Gasteiger partial charge < -0.3 is 25.8 Å². The lowest BCUT2D eigenvalue weighted by Gasteiger charge is -2.25. The summed E-state index contributed by atoms with van der Waals surface area (Å²) in [6.07, 6.45) is 2.11. The minimum Gasteiger partial charge on any atom is -0.492 e. The first kappa shape index (κ1) is 21.9. The van der Waals surface area contributed by atoms with Crippen molar-refractivity contribution in [2.45, 2.75) is 25.8 Å². The van der Waals surface area contributed by atoms with Gasteiger partial charge in [0.15, 0.2) is 5.82 Å². The maximum absolute atomic E-state index is 11.3. The molecular weight excluding hydrogens is 438 g/mol. The Labute approximate surface area is 196 Å². The van der Waals surface area contributed by atoms with E-state index in [-0.39, 0.29) is 12.5 Å². The van der Waals surface area contributed by atoms with Crippen molar-refractivity contribution in [3.63, 3.8) is 0 Å². The fourth-order valence-corrected chi connectivity index (χ4v) is 4.19. The summed E-state index contributed by atoms with van der Waals surface area (Å²) in [7, 11) is 0. The Balaban J connectivity index is 1.23. The number of carbonyl (C=O) groups is 1. The van der Waals surface area contributed by atoms with Crippen molar-refractivity contribution in [1.82, 2.24) is 34.8 Å². The molecule has 4 heterocycles. The second kappa shape index (κ2) is 9.51. The highest BCUT2D eigenvalue weighted by Gasteiger charge is 2.23. The summed E-state index contributed by atoms with van der Waals surface area (Å²) in [5.74, 6) is 1.64. The van der Waals surface area contributed by atoms with Crippen LogP contribution in [0.4, 0.5) is 22.4 Å². The Hall–Kier alpha value is -3.93. The number of benzene rings is 1. The van der Waals surface area contributed by atoms with Crippen molar-refractivity contribution < 1.29 is 14.6 Å². The summed E-state index contributed by atoms with van der Waals surface area (Å²) in [6, 6.07) is 9.33. The molecule has 0 aliphatic carbocycles. The lowest BCUT2D eigenvalue weighted by molar-refractivity contribution is 0.139. The van der Waals surface area contributed by atoms with Gasteiger partial charge in [0, 0.05) is 25.2 Å². The van der Waals surface area contributed by atoms with Gasteiger partial charge in [-0.15, -0.1) is 10.2 Å². The SMILES string of the molecule is Nc1nc(Nc2ccc(OCCN3CCCC3)cc2)nn1-c1cc2c(nn1)CCN(C(=O)O)C2. The van der Waals surface area contributed by atoms with Gasteiger partial charge in [-0.2, -0.15) is 14.8 Å². The highest BCUT2D eigenvalue weighted by Crippen LogP contribution is 2.22. The lowest BCUT2D eigenvalue weighted by Crippen LogP contribution is -2.35. The summed E-state index contributed by atoms with van der Waals surface area (Å²) < 4.78 is 7.22. The summed E-state index contributed by atoms with van der Waals surface area (Å²) >= 11 is 0. The Morgan fingerprint density at radius 1 is 1.15 bits per heavy atom. The predicted molar refractivity (Wildman–Crippen MR) is 124 cm³/mol. The molecule has 4 N–H and O–H groups in total. The van der Waals surface area contributed by atoms with Crippen LogP contribution in [0.2, 0.25) is 0 Å². The molecule has 2 aliphatic rings. The van der Waals surface area contributed by atoms with E-state index in [2.05, 4.69) is 30.5 Å². The number of likely N-dealkylation sites (tertiary alicyclic amines) is 1. The third kappa shape index (κ3) is 4.86. The number of hydrogen-bond donors (Lipinski definition) is 3. The molecule has 0 atom stereocenters. The van der Waals surface area contributed by atoms with Crippen molar-refractivity contribution in [1.29, 1.82) is 0 Å². The zero-order valence-electron chi connectivity index (χ0n) is 18.7. The van der Waals surface area contributed by atoms with E-state index in [1.807, 2.05) is 24.3 Å². The van der Waals surface area contributed by atoms with Crippen LogP contribution in [0.3, 0.4) is 0 Å². The van der Waals surface area contributed by atoms with Crippen LogP contribution >= 0.6 is 0 Å². The highest BCUT2D eigenvalue weighted by atomic mass is 16.5. The Morgan fingerprint density at radius 2 is 1.94 bits per heavy atom. The maximum Gasteiger partial charge on any atom is 0.407 e. The van der Waals surface area contributed by atoms with Crippen LogP contribution in [0.5, 0.6) is 5.75 Å². The second-order valence-electron chi connectivity index (χ2n) is 8.38. The molecule has 1 saturated heterocycles. The molecule has 2 aromatic heterocycles. The third-order valence-electron chi connectivity index (χ3n) is 6.03. The Kier molecular flexibility index (Phi) is 6.12. The molecular formula is C22H27N9O3. The van der Waals surface area contributed by atoms with Crippen LogP contribution in [0.1, 0.15) is 24.1 Å². The van der Waals surface area contributed by atoms with Crippen molar-refractivity contribution >= 4 is 23.7 Å². The van der Waals surface area contributed by atoms with E-state index < -0.39 is 6.09 Å². The van der Waals surface area contributed by atoms with Crippen LogP contribution in [0.25, 0.3) is 5.82 Å². The number of nitrogens with zero attached hydrogens (tertiary/aromatic N) is 7. The smallest absolute Gasteiger partial charge is 0.407 e. The Morgan fingerprint density at radius 3 is 2.71 bits per heavy atom. The van der Waals surface area contributed by atoms with Crippen LogP contribution < -0.4 is 15.8 Å². The average Bonchev–Trinajstić information content (AvgIpc) is 3.49. The molecule has 1 amide bonds. The van der Waals surface area contributed by atoms with E-state index in [4.69, 9.17) is 10.5 Å². The highest BCUT2D eigenvalue weighted by molar-refractivity contribution is 5.65. The first-order valence-corrected chi connectivity index (χ1v) is 11.3. The molecule has 0 bridgehead atoms. The number of nitrogens with two attached hydrogens (primary N) is 1. The molecule has 2 aliphatic heterocycles. The molecule has 3 aromatic rings. The number of fused-ring (bicyclic) bond motifs is 1. The van der Waals surface area contributed by atoms with Crippen molar-refractivity contribution in [2.75, 3.05) is 43.8 Å². The molecule has 1 fully saturated rings. The normalized spacial score (nSPS) is 15.8. The monoisotopic (exact) mass is 465 g/mol. The first-order valence-electron chi connectivity index (χ1n) is 11.3. The van der Waals surface area contributed by atoms with Crippen LogP contribution in [0.15, 0.2) is 30.3 Å². The van der Waals surface area contributed by atoms with Gasteiger partial charge in [0.2, 0.25) is 11.9 Å². The average molecular weight is 466 g/mol. The zero-order chi connectivity index (χ0) is 23.5. The molecule has 0 saturated carbocycles. The summed E-state index contributed by atoms with van der Waals surface area (Å²) in [6.45, 7) is 4.58. The van der Waals surface area contributed by atoms with E-state index in [9.17, 15) is 9.90 Å². The van der Waals surface area contributed by atoms with Gasteiger partial charge in [0.05, 0.1) is 12.2 Å². The van der Waals surface area contributed by atoms with Crippen LogP contribution in [0, 0.1) is 0 Å². The number of nitrogen functional groups attached to an aromatic ring is 1. The topological polar surface area (TPSA) is 148 Å². The van der Waals surface area contributed by atoms with Gasteiger partial charge in [-0.1, -0.05) is 0 Å². The summed E-state index contributed by atoms with van der Waals surface area (Å²) in [5, 5.41) is 25.2. The van der Waals surface area contributed by atoms with Crippen molar-refractivity contribution in [2.24, 2.45) is 0 Å². The molecule has 12 heteroatoms. The number of carboxylic acid groups (broad SMARTS) is 1. The van der Waals surface area contributed by atoms with E-state index in [0.717, 1.165) is 42.3 Å². The van der Waals surface area contributed by atoms with Gasteiger partial charge in [-0.25, -0.2) is 4.79 Å². The molecule has 1 aromatic carbocycles. The molecule has 0 spiro atoms. The predicted octanol–water partition coefficient (Wildman–Crippen LogP) is 1.89. The second-order valence-corrected chi connectivity index (χ2v) is 8.38. The molecule has 34 heavy (non-hydrogen) atoms. The number of ether oxygens (including phenoxy) is 1. The minimum atomic E-state index is -0.959. The van der Waals surface area contributed by atoms with Crippen molar-refractivity contribution in [3.8, 4) is 11.6 Å². The quantitative estimate of drug-likeness (QED) is 0.472. The van der Waals surface area contributed by atoms with Gasteiger partial charge in [0.1, 0.15) is 12.4 Å². The van der Waals surface area contributed by atoms with Gasteiger partial charge in [-0.3, -0.25) is 4.90 Å². The number of anilines is 3. The first-order chi connectivity index (χ1) is 16.5. The van der Waals surface area contributed by atoms with E-state index in [1.165, 1.54) is 22.4 Å². The fraction of sp³-hybridized carbons (Fsp3) is 0.409. The Bertz CT molecular complexity index is 1160. The minimum absolute atomic E-state index is 0.143. The number of hydrogen-bond acceptors (Lipinski definition) is 9. The molecule has 0 unspecified atom stereocenters. The number of rotatable bonds is 7. The van der Waals surface area contributed by atoms with Crippen LogP contribution in [-0.2, 0) is 13.0 Å². The molecule has 0 radical (unpaired) electrons. The molecule has 178 valence electrons. The van der Waals surface area contributed by atoms with E-state index in [0.29, 0.717) is 31.3 Å². The molecule has 5 rings (SSSR count). The number of amides is 1. The van der Waals surface area contributed by atoms with E-state index in [1.54, 1.807) is 6.07 Å². The lowest BCUT2D eigenvalue weighted by atomic mass is 10.1. The van der Waals surface area contributed by atoms with Crippen LogP contribution in [-0.4, -0.2) is 78.7 Å². The largest absolute Gasteiger partial charge is 0.492 e. The summed E-state index contributed by atoms with van der Waals surface area (Å²) in [4.78, 5) is 19.3. The van der Waals surface area contributed by atoms with E-state index >= 15 is 0 Å². The van der Waals surface area contributed by atoms with Gasteiger partial charge in [-0.05, 0) is 61.8 Å².